The number of fused-ring (bicyclic) bond motifs is 1. The van der Waals surface area contributed by atoms with Gasteiger partial charge in [0.2, 0.25) is 0 Å². The fourth-order valence-electron chi connectivity index (χ4n) is 2.85. The molecule has 1 aliphatic carbocycles. The fraction of sp³-hybridized carbons (Fsp3) is 0.235. The van der Waals surface area contributed by atoms with Crippen LogP contribution in [-0.4, -0.2) is 5.78 Å². The topological polar surface area (TPSA) is 17.1 Å². The summed E-state index contributed by atoms with van der Waals surface area (Å²) in [5.41, 5.74) is 3.27. The molecule has 0 unspecified atom stereocenters. The van der Waals surface area contributed by atoms with E-state index in [4.69, 9.17) is 0 Å². The highest BCUT2D eigenvalue weighted by Crippen LogP contribution is 2.28. The van der Waals surface area contributed by atoms with Crippen molar-refractivity contribution in [1.29, 1.82) is 0 Å². The lowest BCUT2D eigenvalue weighted by Gasteiger charge is -2.08. The van der Waals surface area contributed by atoms with Crippen LogP contribution in [0.5, 0.6) is 0 Å². The molecule has 0 saturated carbocycles. The second-order valence-electron chi connectivity index (χ2n) is 5.29. The molecule has 0 amide bonds. The van der Waals surface area contributed by atoms with Gasteiger partial charge in [-0.05, 0) is 47.7 Å². The van der Waals surface area contributed by atoms with E-state index in [0.717, 1.165) is 18.4 Å². The molecule has 0 spiro atoms. The predicted molar refractivity (Wildman–Crippen MR) is 80.2 cm³/mol. The maximum Gasteiger partial charge on any atom is 0.140 e. The zero-order chi connectivity index (χ0) is 14.1. The summed E-state index contributed by atoms with van der Waals surface area (Å²) < 4.78 is 14.0. The van der Waals surface area contributed by atoms with Gasteiger partial charge in [0.05, 0.1) is 0 Å². The molecule has 0 atom stereocenters. The minimum atomic E-state index is -0.308. The van der Waals surface area contributed by atoms with Gasteiger partial charge >= 0.3 is 0 Å². The zero-order valence-electron chi connectivity index (χ0n) is 10.9. The van der Waals surface area contributed by atoms with Crippen LogP contribution >= 0.6 is 15.9 Å². The number of hydrogen-bond acceptors (Lipinski definition) is 1. The van der Waals surface area contributed by atoms with E-state index in [1.54, 1.807) is 0 Å². The van der Waals surface area contributed by atoms with Gasteiger partial charge in [-0.2, -0.15) is 0 Å². The van der Waals surface area contributed by atoms with Crippen molar-refractivity contribution in [3.05, 3.63) is 69.4 Å². The van der Waals surface area contributed by atoms with Gasteiger partial charge in [0.15, 0.2) is 0 Å². The first kappa shape index (κ1) is 13.5. The molecular formula is C17H14BrFO. The molecule has 3 rings (SSSR count). The number of halogens is 2. The molecule has 3 heteroatoms. The smallest absolute Gasteiger partial charge is 0.140 e. The summed E-state index contributed by atoms with van der Waals surface area (Å²) in [4.78, 5) is 12.4. The third-order valence-corrected chi connectivity index (χ3v) is 4.26. The summed E-state index contributed by atoms with van der Waals surface area (Å²) in [6, 6.07) is 12.8. The van der Waals surface area contributed by atoms with Gasteiger partial charge in [-0.3, -0.25) is 4.79 Å². The molecule has 2 aromatic rings. The van der Waals surface area contributed by atoms with Crippen molar-refractivity contribution in [2.24, 2.45) is 5.92 Å². The largest absolute Gasteiger partial charge is 0.299 e. The average molecular weight is 333 g/mol. The Morgan fingerprint density at radius 2 is 1.80 bits per heavy atom. The minimum Gasteiger partial charge on any atom is -0.299 e. The van der Waals surface area contributed by atoms with E-state index in [-0.39, 0.29) is 17.5 Å². The molecular weight excluding hydrogens is 319 g/mol. The molecule has 2 aromatic carbocycles. The van der Waals surface area contributed by atoms with Crippen LogP contribution in [0.15, 0.2) is 46.9 Å². The van der Waals surface area contributed by atoms with E-state index >= 15 is 0 Å². The van der Waals surface area contributed by atoms with Gasteiger partial charge in [-0.25, -0.2) is 4.39 Å². The van der Waals surface area contributed by atoms with Gasteiger partial charge in [0.25, 0.3) is 0 Å². The number of carbonyl (C=O) groups excluding carboxylic acids is 1. The van der Waals surface area contributed by atoms with Crippen LogP contribution in [0.1, 0.15) is 16.7 Å². The van der Waals surface area contributed by atoms with Crippen LogP contribution in [0.4, 0.5) is 4.39 Å². The molecule has 0 saturated heterocycles. The van der Waals surface area contributed by atoms with Gasteiger partial charge < -0.3 is 0 Å². The monoisotopic (exact) mass is 332 g/mol. The highest BCUT2D eigenvalue weighted by molar-refractivity contribution is 9.10. The number of benzene rings is 2. The Labute approximate surface area is 126 Å². The molecule has 0 bridgehead atoms. The van der Waals surface area contributed by atoms with Crippen molar-refractivity contribution in [2.75, 3.05) is 0 Å². The van der Waals surface area contributed by atoms with E-state index in [9.17, 15) is 9.18 Å². The minimum absolute atomic E-state index is 0.0365. The van der Waals surface area contributed by atoms with E-state index in [1.165, 1.54) is 23.3 Å². The van der Waals surface area contributed by atoms with Crippen molar-refractivity contribution in [1.82, 2.24) is 0 Å². The zero-order valence-corrected chi connectivity index (χ0v) is 12.5. The molecule has 0 aliphatic heterocycles. The summed E-state index contributed by atoms with van der Waals surface area (Å²) in [5, 5.41) is 0. The Morgan fingerprint density at radius 3 is 2.40 bits per heavy atom. The van der Waals surface area contributed by atoms with E-state index in [1.807, 2.05) is 18.2 Å². The van der Waals surface area contributed by atoms with Gasteiger partial charge in [-0.15, -0.1) is 0 Å². The number of rotatable bonds is 3. The average Bonchev–Trinajstić information content (AvgIpc) is 2.81. The molecule has 0 aromatic heterocycles. The summed E-state index contributed by atoms with van der Waals surface area (Å²) in [6.45, 7) is 0. The van der Waals surface area contributed by atoms with Crippen LogP contribution < -0.4 is 0 Å². The van der Waals surface area contributed by atoms with Crippen molar-refractivity contribution >= 4 is 21.7 Å². The second-order valence-corrected chi connectivity index (χ2v) is 6.21. The Morgan fingerprint density at radius 1 is 1.15 bits per heavy atom. The van der Waals surface area contributed by atoms with Gasteiger partial charge in [-0.1, -0.05) is 40.2 Å². The van der Waals surface area contributed by atoms with Crippen LogP contribution in [0.25, 0.3) is 0 Å². The molecule has 0 heterocycles. The van der Waals surface area contributed by atoms with Crippen LogP contribution in [0, 0.1) is 11.7 Å². The molecule has 102 valence electrons. The van der Waals surface area contributed by atoms with Crippen LogP contribution in [0.2, 0.25) is 0 Å². The normalized spacial score (nSPS) is 14.3. The lowest BCUT2D eigenvalue weighted by Crippen LogP contribution is -2.17. The van der Waals surface area contributed by atoms with E-state index in [2.05, 4.69) is 28.1 Å². The number of carbonyl (C=O) groups is 1. The van der Waals surface area contributed by atoms with Gasteiger partial charge in [0, 0.05) is 16.8 Å². The molecule has 0 N–H and O–H groups in total. The highest BCUT2D eigenvalue weighted by Gasteiger charge is 2.26. The Hall–Kier alpha value is -1.48. The molecule has 0 fully saturated rings. The second kappa shape index (κ2) is 5.49. The Bertz CT molecular complexity index is 621. The molecule has 20 heavy (non-hydrogen) atoms. The maximum atomic E-state index is 13.3. The third-order valence-electron chi connectivity index (χ3n) is 3.81. The SMILES string of the molecule is O=C(Cc1cc(F)cc(Br)c1)C1Cc2ccccc2C1. The van der Waals surface area contributed by atoms with Crippen molar-refractivity contribution in [2.45, 2.75) is 19.3 Å². The fourth-order valence-corrected chi connectivity index (χ4v) is 3.36. The highest BCUT2D eigenvalue weighted by atomic mass is 79.9. The Balaban J connectivity index is 1.72. The first-order valence-electron chi connectivity index (χ1n) is 6.66. The van der Waals surface area contributed by atoms with Crippen LogP contribution in [-0.2, 0) is 24.1 Å². The van der Waals surface area contributed by atoms with E-state index in [0.29, 0.717) is 10.9 Å². The maximum absolute atomic E-state index is 13.3. The molecule has 1 aliphatic rings. The third kappa shape index (κ3) is 2.83. The standard InChI is InChI=1S/C17H14BrFO/c18-15-5-11(6-16(19)10-15)7-17(20)14-8-12-3-1-2-4-13(12)9-14/h1-6,10,14H,7-9H2. The lowest BCUT2D eigenvalue weighted by atomic mass is 9.95. The van der Waals surface area contributed by atoms with Crippen molar-refractivity contribution < 1.29 is 9.18 Å². The van der Waals surface area contributed by atoms with Crippen molar-refractivity contribution in [3.8, 4) is 0 Å². The predicted octanol–water partition coefficient (Wildman–Crippen LogP) is 4.11. The quantitative estimate of drug-likeness (QED) is 0.826. The van der Waals surface area contributed by atoms with Crippen molar-refractivity contribution in [3.63, 3.8) is 0 Å². The first-order chi connectivity index (χ1) is 9.61. The first-order valence-corrected chi connectivity index (χ1v) is 7.45. The Kier molecular flexibility index (Phi) is 3.70. The van der Waals surface area contributed by atoms with Gasteiger partial charge in [0.1, 0.15) is 11.6 Å². The lowest BCUT2D eigenvalue weighted by molar-refractivity contribution is -0.121. The van der Waals surface area contributed by atoms with Crippen LogP contribution in [0.3, 0.4) is 0 Å². The summed E-state index contributed by atoms with van der Waals surface area (Å²) in [5.74, 6) is -0.0787. The van der Waals surface area contributed by atoms with E-state index < -0.39 is 0 Å². The number of Topliss-reactive ketones (excluding diaryl/α,β-unsaturated/α-hetero) is 1. The number of ketones is 1. The number of hydrogen-bond donors (Lipinski definition) is 0. The molecule has 0 radical (unpaired) electrons. The summed E-state index contributed by atoms with van der Waals surface area (Å²) in [6.07, 6.45) is 1.92. The summed E-state index contributed by atoms with van der Waals surface area (Å²) >= 11 is 3.26. The summed E-state index contributed by atoms with van der Waals surface area (Å²) in [7, 11) is 0. The molecule has 1 nitrogen and oxygen atoms in total.